The third-order valence-corrected chi connectivity index (χ3v) is 4.94. The molecule has 3 aromatic carbocycles. The van der Waals surface area contributed by atoms with Crippen LogP contribution in [0.5, 0.6) is 0 Å². The fraction of sp³-hybridized carbons (Fsp3) is 0.0455. The zero-order valence-corrected chi connectivity index (χ0v) is 13.1. The molecule has 2 heterocycles. The molecule has 114 valence electrons. The van der Waals surface area contributed by atoms with Gasteiger partial charge in [-0.3, -0.25) is 0 Å². The summed E-state index contributed by atoms with van der Waals surface area (Å²) in [6, 6.07) is 30.0. The second-order valence-electron chi connectivity index (χ2n) is 6.11. The highest BCUT2D eigenvalue weighted by molar-refractivity contribution is 5.74. The van der Waals surface area contributed by atoms with Crippen LogP contribution in [0.25, 0.3) is 11.4 Å². The number of benzene rings is 3. The van der Waals surface area contributed by atoms with Crippen LogP contribution in [0.15, 0.2) is 97.3 Å². The monoisotopic (exact) mass is 308 g/mol. The van der Waals surface area contributed by atoms with Gasteiger partial charge in [0.05, 0.1) is 0 Å². The molecule has 0 unspecified atom stereocenters. The lowest BCUT2D eigenvalue weighted by atomic mass is 9.77. The Morgan fingerprint density at radius 3 is 1.92 bits per heavy atom. The Bertz CT molecular complexity index is 961. The van der Waals surface area contributed by atoms with E-state index in [2.05, 4.69) is 101 Å². The van der Waals surface area contributed by atoms with Crippen LogP contribution in [0, 0.1) is 0 Å². The second-order valence-corrected chi connectivity index (χ2v) is 6.11. The molecule has 0 saturated carbocycles. The van der Waals surface area contributed by atoms with Crippen molar-refractivity contribution in [3.8, 4) is 11.4 Å². The van der Waals surface area contributed by atoms with E-state index in [9.17, 15) is 0 Å². The van der Waals surface area contributed by atoms with E-state index in [0.29, 0.717) is 0 Å². The lowest BCUT2D eigenvalue weighted by Gasteiger charge is -2.34. The van der Waals surface area contributed by atoms with Gasteiger partial charge in [-0.1, -0.05) is 84.9 Å². The Balaban J connectivity index is 1.97. The lowest BCUT2D eigenvalue weighted by molar-refractivity contribution is 0.544. The van der Waals surface area contributed by atoms with E-state index < -0.39 is 0 Å². The number of fused-ring (bicyclic) bond motifs is 3. The molecule has 2 nitrogen and oxygen atoms in total. The van der Waals surface area contributed by atoms with E-state index in [1.165, 1.54) is 22.3 Å². The van der Waals surface area contributed by atoms with Gasteiger partial charge in [0.25, 0.3) is 0 Å². The van der Waals surface area contributed by atoms with Crippen LogP contribution in [0.1, 0.15) is 16.7 Å². The summed E-state index contributed by atoms with van der Waals surface area (Å²) in [7, 11) is 0. The fourth-order valence-corrected chi connectivity index (χ4v) is 4.01. The summed E-state index contributed by atoms with van der Waals surface area (Å²) in [5, 5.41) is 0. The first-order valence-electron chi connectivity index (χ1n) is 8.17. The molecule has 24 heavy (non-hydrogen) atoms. The van der Waals surface area contributed by atoms with Crippen molar-refractivity contribution >= 4 is 0 Å². The molecule has 1 aliphatic heterocycles. The SMILES string of the molecule is c1ccc(C2(c3ccccc3)c3ccccc3-c3nccn32)cc1. The molecule has 0 saturated heterocycles. The van der Waals surface area contributed by atoms with Crippen molar-refractivity contribution in [3.05, 3.63) is 114 Å². The maximum Gasteiger partial charge on any atom is 0.141 e. The summed E-state index contributed by atoms with van der Waals surface area (Å²) in [6.07, 6.45) is 3.99. The largest absolute Gasteiger partial charge is 0.312 e. The molecule has 0 fully saturated rings. The Morgan fingerprint density at radius 1 is 0.667 bits per heavy atom. The van der Waals surface area contributed by atoms with Crippen LogP contribution in [-0.4, -0.2) is 9.55 Å². The average molecular weight is 308 g/mol. The standard InChI is InChI=1S/C22H16N2/c1-3-9-17(10-4-1)22(18-11-5-2-6-12-18)20-14-8-7-13-19(20)21-23-15-16-24(21)22/h1-16H. The smallest absolute Gasteiger partial charge is 0.141 e. The quantitative estimate of drug-likeness (QED) is 0.462. The maximum atomic E-state index is 4.65. The zero-order valence-electron chi connectivity index (χ0n) is 13.1. The van der Waals surface area contributed by atoms with Gasteiger partial charge in [-0.15, -0.1) is 0 Å². The zero-order chi connectivity index (χ0) is 16.0. The van der Waals surface area contributed by atoms with Crippen molar-refractivity contribution in [1.29, 1.82) is 0 Å². The van der Waals surface area contributed by atoms with Crippen molar-refractivity contribution in [2.24, 2.45) is 0 Å². The van der Waals surface area contributed by atoms with Crippen LogP contribution in [0.2, 0.25) is 0 Å². The molecule has 0 spiro atoms. The minimum Gasteiger partial charge on any atom is -0.312 e. The highest BCUT2D eigenvalue weighted by Gasteiger charge is 2.45. The molecule has 0 N–H and O–H groups in total. The summed E-state index contributed by atoms with van der Waals surface area (Å²) in [6.45, 7) is 0. The third kappa shape index (κ3) is 1.57. The number of hydrogen-bond donors (Lipinski definition) is 0. The summed E-state index contributed by atoms with van der Waals surface area (Å²) >= 11 is 0. The summed E-state index contributed by atoms with van der Waals surface area (Å²) in [5.41, 5.74) is 4.62. The Labute approximate surface area is 141 Å². The molecule has 0 amide bonds. The average Bonchev–Trinajstić information content (AvgIpc) is 3.24. The van der Waals surface area contributed by atoms with Crippen LogP contribution in [0.3, 0.4) is 0 Å². The highest BCUT2D eigenvalue weighted by Crippen LogP contribution is 2.50. The van der Waals surface area contributed by atoms with Gasteiger partial charge in [-0.25, -0.2) is 4.98 Å². The Kier molecular flexibility index (Phi) is 2.74. The molecule has 5 rings (SSSR count). The fourth-order valence-electron chi connectivity index (χ4n) is 4.01. The maximum absolute atomic E-state index is 4.65. The number of nitrogens with zero attached hydrogens (tertiary/aromatic N) is 2. The molecule has 4 aromatic rings. The highest BCUT2D eigenvalue weighted by atomic mass is 15.2. The van der Waals surface area contributed by atoms with Gasteiger partial charge in [0.15, 0.2) is 0 Å². The predicted molar refractivity (Wildman–Crippen MR) is 95.8 cm³/mol. The molecule has 0 aliphatic carbocycles. The Morgan fingerprint density at radius 2 is 1.25 bits per heavy atom. The number of rotatable bonds is 2. The van der Waals surface area contributed by atoms with E-state index in [1.54, 1.807) is 0 Å². The molecule has 0 bridgehead atoms. The Hall–Kier alpha value is -3.13. The van der Waals surface area contributed by atoms with Crippen molar-refractivity contribution in [2.75, 3.05) is 0 Å². The first-order chi connectivity index (χ1) is 11.9. The van der Waals surface area contributed by atoms with Crippen molar-refractivity contribution in [2.45, 2.75) is 5.54 Å². The van der Waals surface area contributed by atoms with Crippen molar-refractivity contribution < 1.29 is 0 Å². The molecule has 0 atom stereocenters. The van der Waals surface area contributed by atoms with Crippen LogP contribution in [0.4, 0.5) is 0 Å². The minimum atomic E-state index is -0.370. The molecular formula is C22H16N2. The molecule has 0 radical (unpaired) electrons. The normalized spacial score (nSPS) is 14.2. The van der Waals surface area contributed by atoms with Gasteiger partial charge in [-0.05, 0) is 16.7 Å². The summed E-state index contributed by atoms with van der Waals surface area (Å²) < 4.78 is 2.31. The van der Waals surface area contributed by atoms with E-state index in [0.717, 1.165) is 5.82 Å². The summed E-state index contributed by atoms with van der Waals surface area (Å²) in [4.78, 5) is 4.65. The number of aromatic nitrogens is 2. The predicted octanol–water partition coefficient (Wildman–Crippen LogP) is 4.70. The van der Waals surface area contributed by atoms with Gasteiger partial charge >= 0.3 is 0 Å². The lowest BCUT2D eigenvalue weighted by Crippen LogP contribution is -2.34. The van der Waals surface area contributed by atoms with Gasteiger partial charge in [0, 0.05) is 18.0 Å². The van der Waals surface area contributed by atoms with Crippen LogP contribution >= 0.6 is 0 Å². The molecule has 2 heteroatoms. The van der Waals surface area contributed by atoms with E-state index in [1.807, 2.05) is 6.20 Å². The first-order valence-corrected chi connectivity index (χ1v) is 8.17. The molecular weight excluding hydrogens is 292 g/mol. The number of imidazole rings is 1. The van der Waals surface area contributed by atoms with Gasteiger partial charge in [0.2, 0.25) is 0 Å². The van der Waals surface area contributed by atoms with E-state index in [-0.39, 0.29) is 5.54 Å². The van der Waals surface area contributed by atoms with Crippen LogP contribution in [-0.2, 0) is 5.54 Å². The minimum absolute atomic E-state index is 0.370. The second kappa shape index (κ2) is 4.93. The third-order valence-electron chi connectivity index (χ3n) is 4.94. The molecule has 1 aromatic heterocycles. The van der Waals surface area contributed by atoms with Crippen LogP contribution < -0.4 is 0 Å². The topological polar surface area (TPSA) is 17.8 Å². The van der Waals surface area contributed by atoms with E-state index >= 15 is 0 Å². The first kappa shape index (κ1) is 13.3. The number of hydrogen-bond acceptors (Lipinski definition) is 1. The summed E-state index contributed by atoms with van der Waals surface area (Å²) in [5.74, 6) is 1.03. The van der Waals surface area contributed by atoms with Gasteiger partial charge in [0.1, 0.15) is 11.4 Å². The van der Waals surface area contributed by atoms with Gasteiger partial charge < -0.3 is 4.57 Å². The van der Waals surface area contributed by atoms with Crippen molar-refractivity contribution in [1.82, 2.24) is 9.55 Å². The molecule has 1 aliphatic rings. The van der Waals surface area contributed by atoms with Crippen molar-refractivity contribution in [3.63, 3.8) is 0 Å². The van der Waals surface area contributed by atoms with Gasteiger partial charge in [-0.2, -0.15) is 0 Å². The van der Waals surface area contributed by atoms with E-state index in [4.69, 9.17) is 0 Å².